The summed E-state index contributed by atoms with van der Waals surface area (Å²) < 4.78 is 0. The highest BCUT2D eigenvalue weighted by molar-refractivity contribution is 6.13. The van der Waals surface area contributed by atoms with Gasteiger partial charge in [0.1, 0.15) is 11.5 Å². The first-order chi connectivity index (χ1) is 23.9. The van der Waals surface area contributed by atoms with Crippen LogP contribution < -0.4 is 0 Å². The number of hydrogen-bond acceptors (Lipinski definition) is 4. The summed E-state index contributed by atoms with van der Waals surface area (Å²) in [6.07, 6.45) is 3.59. The van der Waals surface area contributed by atoms with Gasteiger partial charge < -0.3 is 10.2 Å². The van der Waals surface area contributed by atoms with Gasteiger partial charge >= 0.3 is 0 Å². The molecule has 0 unspecified atom stereocenters. The molecule has 6 aromatic carbocycles. The summed E-state index contributed by atoms with van der Waals surface area (Å²) in [5, 5.41) is 27.3. The molecule has 0 aliphatic heterocycles. The van der Waals surface area contributed by atoms with Crippen molar-refractivity contribution in [2.45, 2.75) is 85.5 Å². The Hall–Kier alpha value is -5.22. The van der Waals surface area contributed by atoms with E-state index in [-0.39, 0.29) is 27.7 Å². The third kappa shape index (κ3) is 7.19. The largest absolute Gasteiger partial charge is 0.507 e. The quantitative estimate of drug-likeness (QED) is 0.179. The van der Waals surface area contributed by atoms with Crippen LogP contribution in [0.4, 0.5) is 11.4 Å². The first kappa shape index (κ1) is 35.6. The fourth-order valence-corrected chi connectivity index (χ4v) is 6.78. The molecule has 0 radical (unpaired) electrons. The monoisotopic (exact) mass is 674 g/mol. The van der Waals surface area contributed by atoms with Crippen molar-refractivity contribution >= 4 is 45.3 Å². The second-order valence-corrected chi connectivity index (χ2v) is 16.8. The van der Waals surface area contributed by atoms with E-state index in [9.17, 15) is 10.2 Å². The lowest BCUT2D eigenvalue weighted by Gasteiger charge is -2.27. The van der Waals surface area contributed by atoms with Crippen LogP contribution in [0, 0.1) is 6.92 Å². The maximum atomic E-state index is 11.6. The lowest BCUT2D eigenvalue weighted by Crippen LogP contribution is -2.17. The third-order valence-electron chi connectivity index (χ3n) is 9.65. The van der Waals surface area contributed by atoms with Crippen LogP contribution in [0.1, 0.15) is 95.7 Å². The Balaban J connectivity index is 1.61. The van der Waals surface area contributed by atoms with Crippen molar-refractivity contribution in [3.05, 3.63) is 130 Å². The average Bonchev–Trinajstić information content (AvgIpc) is 3.06. The fourth-order valence-electron chi connectivity index (χ4n) is 6.78. The summed E-state index contributed by atoms with van der Waals surface area (Å²) in [5.41, 5.74) is 8.23. The van der Waals surface area contributed by atoms with E-state index >= 15 is 0 Å². The van der Waals surface area contributed by atoms with Crippen LogP contribution in [0.2, 0.25) is 0 Å². The molecule has 6 aromatic rings. The first-order valence-corrected chi connectivity index (χ1v) is 17.8. The number of fused-ring (bicyclic) bond motifs is 2. The molecule has 4 nitrogen and oxygen atoms in total. The molecule has 0 fully saturated rings. The highest BCUT2D eigenvalue weighted by atomic mass is 16.3. The summed E-state index contributed by atoms with van der Waals surface area (Å²) in [6.45, 7) is 21.3. The van der Waals surface area contributed by atoms with Crippen molar-refractivity contribution in [3.8, 4) is 22.6 Å². The minimum atomic E-state index is -0.253. The van der Waals surface area contributed by atoms with Crippen LogP contribution >= 0.6 is 0 Å². The molecule has 0 saturated carbocycles. The Morgan fingerprint density at radius 1 is 0.490 bits per heavy atom. The van der Waals surface area contributed by atoms with Crippen LogP contribution in [-0.2, 0) is 16.2 Å². The molecule has 0 spiro atoms. The van der Waals surface area contributed by atoms with E-state index in [0.29, 0.717) is 11.1 Å². The number of aryl methyl sites for hydroxylation is 1. The maximum absolute atomic E-state index is 11.6. The lowest BCUT2D eigenvalue weighted by molar-refractivity contribution is 0.443. The second kappa shape index (κ2) is 13.2. The molecular weight excluding hydrogens is 625 g/mol. The maximum Gasteiger partial charge on any atom is 0.128 e. The molecule has 0 aliphatic carbocycles. The molecule has 4 heteroatoms. The molecule has 0 heterocycles. The number of benzene rings is 6. The summed E-state index contributed by atoms with van der Waals surface area (Å²) in [7, 11) is 0. The third-order valence-corrected chi connectivity index (χ3v) is 9.65. The molecule has 260 valence electrons. The highest BCUT2D eigenvalue weighted by Crippen LogP contribution is 2.46. The van der Waals surface area contributed by atoms with Crippen LogP contribution in [0.5, 0.6) is 11.5 Å². The number of aromatic hydroxyl groups is 2. The second-order valence-electron chi connectivity index (χ2n) is 16.8. The molecular formula is C47H50N2O2. The van der Waals surface area contributed by atoms with E-state index in [1.807, 2.05) is 25.1 Å². The first-order valence-electron chi connectivity index (χ1n) is 17.8. The Bertz CT molecular complexity index is 2340. The van der Waals surface area contributed by atoms with Crippen LogP contribution in [0.15, 0.2) is 107 Å². The molecule has 2 N–H and O–H groups in total. The van der Waals surface area contributed by atoms with Gasteiger partial charge in [-0.05, 0) is 80.1 Å². The van der Waals surface area contributed by atoms with Gasteiger partial charge in [0.2, 0.25) is 0 Å². The Labute approximate surface area is 303 Å². The summed E-state index contributed by atoms with van der Waals surface area (Å²) in [5.74, 6) is 0.506. The highest BCUT2D eigenvalue weighted by Gasteiger charge is 2.25. The van der Waals surface area contributed by atoms with E-state index in [0.717, 1.165) is 66.3 Å². The van der Waals surface area contributed by atoms with Gasteiger partial charge in [-0.2, -0.15) is 0 Å². The Kier molecular flexibility index (Phi) is 9.18. The number of nitrogens with zero attached hydrogens (tertiary/aromatic N) is 2. The van der Waals surface area contributed by atoms with Gasteiger partial charge in [-0.15, -0.1) is 0 Å². The SMILES string of the molecule is Cc1cc(C=Nc2ccc3ccccc3c2-c2c(N=Cc3cc(C(C)(C)C)cc(C(C)(C)C)c3O)ccc3ccccc23)c(O)c(C(C)(C)C)c1. The van der Waals surface area contributed by atoms with Gasteiger partial charge in [0.15, 0.2) is 0 Å². The standard InChI is InChI=1S/C47H50N2O2/c1-29-23-32(43(50)37(24-29)46(5,6)7)27-48-39-21-19-30-15-11-13-17-35(30)41(39)42-36-18-14-12-16-31(36)20-22-40(42)49-28-33-25-34(45(2,3)4)26-38(44(33)51)47(8,9)10/h11-28,50-51H,1-10H3. The van der Waals surface area contributed by atoms with Crippen molar-refractivity contribution in [2.75, 3.05) is 0 Å². The molecule has 51 heavy (non-hydrogen) atoms. The normalized spacial score (nSPS) is 12.9. The van der Waals surface area contributed by atoms with Gasteiger partial charge in [0, 0.05) is 45.8 Å². The predicted octanol–water partition coefficient (Wildman–Crippen LogP) is 12.8. The van der Waals surface area contributed by atoms with E-state index in [4.69, 9.17) is 9.98 Å². The molecule has 0 amide bonds. The Morgan fingerprint density at radius 2 is 0.922 bits per heavy atom. The van der Waals surface area contributed by atoms with E-state index in [1.165, 1.54) is 0 Å². The van der Waals surface area contributed by atoms with Gasteiger partial charge in [0.05, 0.1) is 11.4 Å². The number of aliphatic imine (C=N–C) groups is 2. The minimum absolute atomic E-state index is 0.111. The van der Waals surface area contributed by atoms with Crippen molar-refractivity contribution in [1.82, 2.24) is 0 Å². The van der Waals surface area contributed by atoms with Crippen molar-refractivity contribution in [3.63, 3.8) is 0 Å². The average molecular weight is 675 g/mol. The molecule has 0 aromatic heterocycles. The van der Waals surface area contributed by atoms with Crippen LogP contribution in [0.3, 0.4) is 0 Å². The summed E-state index contributed by atoms with van der Waals surface area (Å²) >= 11 is 0. The summed E-state index contributed by atoms with van der Waals surface area (Å²) in [4.78, 5) is 10.3. The topological polar surface area (TPSA) is 65.2 Å². The molecule has 0 bridgehead atoms. The van der Waals surface area contributed by atoms with E-state index in [2.05, 4.69) is 141 Å². The molecule has 0 saturated heterocycles. The molecule has 6 rings (SSSR count). The Morgan fingerprint density at radius 3 is 1.37 bits per heavy atom. The van der Waals surface area contributed by atoms with Gasteiger partial charge in [0.25, 0.3) is 0 Å². The van der Waals surface area contributed by atoms with E-state index in [1.54, 1.807) is 12.4 Å². The number of rotatable bonds is 5. The summed E-state index contributed by atoms with van der Waals surface area (Å²) in [6, 6.07) is 33.2. The number of phenols is 2. The van der Waals surface area contributed by atoms with Crippen LogP contribution in [0.25, 0.3) is 32.7 Å². The number of hydrogen-bond donors (Lipinski definition) is 2. The minimum Gasteiger partial charge on any atom is -0.507 e. The zero-order valence-electron chi connectivity index (χ0n) is 31.7. The zero-order valence-corrected chi connectivity index (χ0v) is 31.7. The zero-order chi connectivity index (χ0) is 36.9. The molecule has 0 atom stereocenters. The molecule has 0 aliphatic rings. The lowest BCUT2D eigenvalue weighted by atomic mass is 9.79. The predicted molar refractivity (Wildman–Crippen MR) is 218 cm³/mol. The van der Waals surface area contributed by atoms with Gasteiger partial charge in [-0.3, -0.25) is 9.98 Å². The smallest absolute Gasteiger partial charge is 0.128 e. The van der Waals surface area contributed by atoms with E-state index < -0.39 is 0 Å². The van der Waals surface area contributed by atoms with Crippen molar-refractivity contribution in [1.29, 1.82) is 0 Å². The van der Waals surface area contributed by atoms with Crippen molar-refractivity contribution in [2.24, 2.45) is 9.98 Å². The van der Waals surface area contributed by atoms with Gasteiger partial charge in [-0.25, -0.2) is 0 Å². The van der Waals surface area contributed by atoms with Crippen LogP contribution in [-0.4, -0.2) is 22.6 Å². The van der Waals surface area contributed by atoms with Crippen molar-refractivity contribution < 1.29 is 10.2 Å². The number of phenolic OH excluding ortho intramolecular Hbond substituents is 2. The fraction of sp³-hybridized carbons (Fsp3) is 0.277. The van der Waals surface area contributed by atoms with Gasteiger partial charge in [-0.1, -0.05) is 135 Å².